The monoisotopic (exact) mass is 286 g/mol. The maximum atomic E-state index is 6.37. The van der Waals surface area contributed by atoms with Gasteiger partial charge in [0.05, 0.1) is 17.5 Å². The highest BCUT2D eigenvalue weighted by Crippen LogP contribution is 2.35. The summed E-state index contributed by atoms with van der Waals surface area (Å²) in [5.74, 6) is 0.851. The first kappa shape index (κ1) is 12.7. The van der Waals surface area contributed by atoms with Gasteiger partial charge in [-0.2, -0.15) is 0 Å². The molecule has 2 aromatic rings. The maximum absolute atomic E-state index is 6.37. The molecule has 0 bridgehead atoms. The molecule has 2 rings (SSSR count). The fourth-order valence-corrected chi connectivity index (χ4v) is 3.30. The normalized spacial score (nSPS) is 12.4. The third-order valence-corrected chi connectivity index (χ3v) is 4.45. The Bertz CT molecular complexity index is 496. The molecule has 1 nitrogen and oxygen atoms in total. The van der Waals surface area contributed by atoms with Gasteiger partial charge in [-0.3, -0.25) is 0 Å². The molecular weight excluding hydrogens is 275 g/mol. The Labute approximate surface area is 115 Å². The smallest absolute Gasteiger partial charge is 0.119 e. The van der Waals surface area contributed by atoms with Crippen molar-refractivity contribution in [1.29, 1.82) is 0 Å². The Morgan fingerprint density at radius 1 is 1.35 bits per heavy atom. The van der Waals surface area contributed by atoms with Crippen LogP contribution < -0.4 is 4.74 Å². The Hall–Kier alpha value is -0.700. The largest absolute Gasteiger partial charge is 0.497 e. The standard InChI is InChI=1S/C13H12Cl2OS/c1-16-10-4-2-3-9(7-10)8-12(15)13-11(14)5-6-17-13/h2-7,12H,8H2,1H3. The number of hydrogen-bond donors (Lipinski definition) is 0. The van der Waals surface area contributed by atoms with E-state index in [4.69, 9.17) is 27.9 Å². The molecule has 0 N–H and O–H groups in total. The van der Waals surface area contributed by atoms with Crippen LogP contribution in [0.1, 0.15) is 15.8 Å². The molecule has 1 aromatic heterocycles. The van der Waals surface area contributed by atoms with Gasteiger partial charge in [0, 0.05) is 4.88 Å². The quantitative estimate of drug-likeness (QED) is 0.724. The molecular formula is C13H12Cl2OS. The minimum absolute atomic E-state index is 0.0883. The number of ether oxygens (including phenoxy) is 1. The van der Waals surface area contributed by atoms with Crippen molar-refractivity contribution in [3.63, 3.8) is 0 Å². The van der Waals surface area contributed by atoms with Crippen molar-refractivity contribution in [1.82, 2.24) is 0 Å². The van der Waals surface area contributed by atoms with Gasteiger partial charge in [-0.05, 0) is 35.6 Å². The van der Waals surface area contributed by atoms with Crippen molar-refractivity contribution >= 4 is 34.5 Å². The van der Waals surface area contributed by atoms with Crippen LogP contribution in [0.2, 0.25) is 5.02 Å². The zero-order chi connectivity index (χ0) is 12.3. The first-order valence-electron chi connectivity index (χ1n) is 5.20. The summed E-state index contributed by atoms with van der Waals surface area (Å²) in [6, 6.07) is 9.80. The maximum Gasteiger partial charge on any atom is 0.119 e. The molecule has 0 saturated heterocycles. The number of rotatable bonds is 4. The lowest BCUT2D eigenvalue weighted by atomic mass is 10.1. The van der Waals surface area contributed by atoms with Gasteiger partial charge >= 0.3 is 0 Å². The summed E-state index contributed by atoms with van der Waals surface area (Å²) in [5, 5.41) is 2.62. The molecule has 0 aliphatic carbocycles. The minimum atomic E-state index is -0.0883. The molecule has 0 radical (unpaired) electrons. The first-order valence-corrected chi connectivity index (χ1v) is 6.90. The van der Waals surface area contributed by atoms with Crippen molar-refractivity contribution in [2.45, 2.75) is 11.8 Å². The fraction of sp³-hybridized carbons (Fsp3) is 0.231. The molecule has 1 heterocycles. The molecule has 0 amide bonds. The van der Waals surface area contributed by atoms with Gasteiger partial charge in [0.15, 0.2) is 0 Å². The molecule has 4 heteroatoms. The van der Waals surface area contributed by atoms with Crippen LogP contribution in [-0.2, 0) is 6.42 Å². The molecule has 0 fully saturated rings. The molecule has 1 atom stereocenters. The van der Waals surface area contributed by atoms with Crippen molar-refractivity contribution in [2.24, 2.45) is 0 Å². The molecule has 17 heavy (non-hydrogen) atoms. The Balaban J connectivity index is 2.13. The Morgan fingerprint density at radius 2 is 2.18 bits per heavy atom. The fourth-order valence-electron chi connectivity index (χ4n) is 1.63. The zero-order valence-electron chi connectivity index (χ0n) is 9.32. The highest BCUT2D eigenvalue weighted by molar-refractivity contribution is 7.11. The second-order valence-electron chi connectivity index (χ2n) is 3.66. The van der Waals surface area contributed by atoms with E-state index >= 15 is 0 Å². The van der Waals surface area contributed by atoms with Gasteiger partial charge in [-0.25, -0.2) is 0 Å². The van der Waals surface area contributed by atoms with Crippen LogP contribution in [0.5, 0.6) is 5.75 Å². The topological polar surface area (TPSA) is 9.23 Å². The summed E-state index contributed by atoms with van der Waals surface area (Å²) < 4.78 is 5.18. The first-order chi connectivity index (χ1) is 8.20. The summed E-state index contributed by atoms with van der Waals surface area (Å²) in [5.41, 5.74) is 1.15. The Kier molecular flexibility index (Phi) is 4.32. The van der Waals surface area contributed by atoms with Crippen LogP contribution in [-0.4, -0.2) is 7.11 Å². The third kappa shape index (κ3) is 3.15. The zero-order valence-corrected chi connectivity index (χ0v) is 11.6. The number of alkyl halides is 1. The van der Waals surface area contributed by atoms with Gasteiger partial charge in [0.25, 0.3) is 0 Å². The van der Waals surface area contributed by atoms with Crippen LogP contribution in [0.3, 0.4) is 0 Å². The van der Waals surface area contributed by atoms with Crippen molar-refractivity contribution in [2.75, 3.05) is 7.11 Å². The van der Waals surface area contributed by atoms with E-state index in [1.54, 1.807) is 18.4 Å². The van der Waals surface area contributed by atoms with Crippen LogP contribution in [0.25, 0.3) is 0 Å². The minimum Gasteiger partial charge on any atom is -0.497 e. The summed E-state index contributed by atoms with van der Waals surface area (Å²) in [6.45, 7) is 0. The number of halogens is 2. The number of hydrogen-bond acceptors (Lipinski definition) is 2. The highest BCUT2D eigenvalue weighted by atomic mass is 35.5. The van der Waals surface area contributed by atoms with Crippen molar-refractivity contribution < 1.29 is 4.74 Å². The second-order valence-corrected chi connectivity index (χ2v) is 5.54. The van der Waals surface area contributed by atoms with Gasteiger partial charge < -0.3 is 4.74 Å². The summed E-state index contributed by atoms with van der Waals surface area (Å²) in [4.78, 5) is 1.02. The molecule has 1 unspecified atom stereocenters. The summed E-state index contributed by atoms with van der Waals surface area (Å²) in [7, 11) is 1.66. The molecule has 0 aliphatic heterocycles. The Morgan fingerprint density at radius 3 is 2.82 bits per heavy atom. The number of benzene rings is 1. The van der Waals surface area contributed by atoms with Crippen LogP contribution in [0.15, 0.2) is 35.7 Å². The predicted molar refractivity (Wildman–Crippen MR) is 74.6 cm³/mol. The number of thiophene rings is 1. The van der Waals surface area contributed by atoms with Crippen molar-refractivity contribution in [3.05, 3.63) is 51.2 Å². The van der Waals surface area contributed by atoms with E-state index in [1.165, 1.54) is 0 Å². The average Bonchev–Trinajstić information content (AvgIpc) is 2.76. The van der Waals surface area contributed by atoms with Gasteiger partial charge in [0.2, 0.25) is 0 Å². The third-order valence-electron chi connectivity index (χ3n) is 2.48. The van der Waals surface area contributed by atoms with Crippen LogP contribution in [0.4, 0.5) is 0 Å². The molecule has 90 valence electrons. The number of methoxy groups -OCH3 is 1. The van der Waals surface area contributed by atoms with E-state index in [0.29, 0.717) is 0 Å². The van der Waals surface area contributed by atoms with Gasteiger partial charge in [-0.15, -0.1) is 22.9 Å². The molecule has 0 saturated carbocycles. The SMILES string of the molecule is COc1cccc(CC(Cl)c2sccc2Cl)c1. The summed E-state index contributed by atoms with van der Waals surface area (Å²) >= 11 is 14.0. The van der Waals surface area contributed by atoms with E-state index in [1.807, 2.05) is 35.7 Å². The molecule has 0 spiro atoms. The van der Waals surface area contributed by atoms with E-state index in [0.717, 1.165) is 27.6 Å². The highest BCUT2D eigenvalue weighted by Gasteiger charge is 2.14. The lowest BCUT2D eigenvalue weighted by Crippen LogP contribution is -1.94. The lowest BCUT2D eigenvalue weighted by molar-refractivity contribution is 0.414. The van der Waals surface area contributed by atoms with Gasteiger partial charge in [0.1, 0.15) is 5.75 Å². The average molecular weight is 287 g/mol. The van der Waals surface area contributed by atoms with Crippen molar-refractivity contribution in [3.8, 4) is 5.75 Å². The van der Waals surface area contributed by atoms with E-state index in [9.17, 15) is 0 Å². The second kappa shape index (κ2) is 5.76. The molecule has 0 aliphatic rings. The van der Waals surface area contributed by atoms with Gasteiger partial charge in [-0.1, -0.05) is 23.7 Å². The van der Waals surface area contributed by atoms with E-state index in [2.05, 4.69) is 0 Å². The van der Waals surface area contributed by atoms with Crippen LogP contribution >= 0.6 is 34.5 Å². The lowest BCUT2D eigenvalue weighted by Gasteiger charge is -2.09. The van der Waals surface area contributed by atoms with Crippen LogP contribution in [0, 0.1) is 0 Å². The molecule has 1 aromatic carbocycles. The van der Waals surface area contributed by atoms with E-state index in [-0.39, 0.29) is 5.38 Å². The predicted octanol–water partition coefficient (Wildman–Crippen LogP) is 4.93. The summed E-state index contributed by atoms with van der Waals surface area (Å²) in [6.07, 6.45) is 0.749. The van der Waals surface area contributed by atoms with E-state index < -0.39 is 0 Å².